The van der Waals surface area contributed by atoms with Crippen LogP contribution in [0.25, 0.3) is 0 Å². The number of sulfonamides is 1. The fourth-order valence-corrected chi connectivity index (χ4v) is 4.41. The highest BCUT2D eigenvalue weighted by Crippen LogP contribution is 2.29. The second-order valence-corrected chi connectivity index (χ2v) is 9.28. The van der Waals surface area contributed by atoms with Crippen LogP contribution in [0.15, 0.2) is 48.5 Å². The average Bonchev–Trinajstić information content (AvgIpc) is 2.66. The molecule has 0 aliphatic heterocycles. The number of rotatable bonds is 10. The molecule has 0 unspecified atom stereocenters. The molecule has 8 heteroatoms. The van der Waals surface area contributed by atoms with Gasteiger partial charge in [-0.25, -0.2) is 8.42 Å². The van der Waals surface area contributed by atoms with E-state index in [2.05, 4.69) is 24.4 Å². The summed E-state index contributed by atoms with van der Waals surface area (Å²) in [6, 6.07) is 14.9. The SMILES string of the molecule is COc1ccccc1N(CC(=O)NCCSCc1ccccc1C)S(C)(=O)=O. The first kappa shape index (κ1) is 22.1. The van der Waals surface area contributed by atoms with Crippen molar-refractivity contribution in [3.05, 3.63) is 59.7 Å². The van der Waals surface area contributed by atoms with Crippen molar-refractivity contribution in [2.24, 2.45) is 0 Å². The molecule has 0 atom stereocenters. The molecule has 0 aromatic heterocycles. The molecule has 0 radical (unpaired) electrons. The van der Waals surface area contributed by atoms with Crippen molar-refractivity contribution < 1.29 is 17.9 Å². The van der Waals surface area contributed by atoms with Crippen molar-refractivity contribution >= 4 is 33.4 Å². The fraction of sp³-hybridized carbons (Fsp3) is 0.350. The minimum absolute atomic E-state index is 0.290. The number of amides is 1. The number of thioether (sulfide) groups is 1. The summed E-state index contributed by atoms with van der Waals surface area (Å²) < 4.78 is 30.7. The van der Waals surface area contributed by atoms with E-state index in [1.54, 1.807) is 36.0 Å². The summed E-state index contributed by atoms with van der Waals surface area (Å²) in [7, 11) is -2.17. The molecule has 6 nitrogen and oxygen atoms in total. The summed E-state index contributed by atoms with van der Waals surface area (Å²) in [5, 5.41) is 2.79. The fourth-order valence-electron chi connectivity index (χ4n) is 2.62. The van der Waals surface area contributed by atoms with Crippen LogP contribution >= 0.6 is 11.8 Å². The molecule has 152 valence electrons. The Morgan fingerprint density at radius 2 is 1.82 bits per heavy atom. The second kappa shape index (κ2) is 10.4. The number of methoxy groups -OCH3 is 1. The van der Waals surface area contributed by atoms with Crippen LogP contribution in [0, 0.1) is 6.92 Å². The van der Waals surface area contributed by atoms with Gasteiger partial charge in [0, 0.05) is 18.1 Å². The van der Waals surface area contributed by atoms with Gasteiger partial charge in [-0.05, 0) is 30.2 Å². The highest BCUT2D eigenvalue weighted by atomic mass is 32.2. The largest absolute Gasteiger partial charge is 0.495 e. The third-order valence-electron chi connectivity index (χ3n) is 4.13. The molecule has 0 heterocycles. The Kier molecular flexibility index (Phi) is 8.19. The number of para-hydroxylation sites is 2. The Hall–Kier alpha value is -2.19. The van der Waals surface area contributed by atoms with Gasteiger partial charge in [-0.2, -0.15) is 11.8 Å². The highest BCUT2D eigenvalue weighted by Gasteiger charge is 2.23. The third-order valence-corrected chi connectivity index (χ3v) is 6.26. The van der Waals surface area contributed by atoms with E-state index in [0.29, 0.717) is 18.0 Å². The number of nitrogens with one attached hydrogen (secondary N) is 1. The minimum atomic E-state index is -3.63. The predicted molar refractivity (Wildman–Crippen MR) is 116 cm³/mol. The Morgan fingerprint density at radius 1 is 1.14 bits per heavy atom. The van der Waals surface area contributed by atoms with Gasteiger partial charge in [-0.15, -0.1) is 0 Å². The summed E-state index contributed by atoms with van der Waals surface area (Å²) in [5.41, 5.74) is 2.87. The number of carbonyl (C=O) groups is 1. The van der Waals surface area contributed by atoms with Crippen LogP contribution in [-0.2, 0) is 20.6 Å². The maximum Gasteiger partial charge on any atom is 0.240 e. The Balaban J connectivity index is 1.88. The van der Waals surface area contributed by atoms with Crippen LogP contribution in [0.5, 0.6) is 5.75 Å². The van der Waals surface area contributed by atoms with Gasteiger partial charge in [0.25, 0.3) is 0 Å². The molecule has 0 spiro atoms. The minimum Gasteiger partial charge on any atom is -0.495 e. The van der Waals surface area contributed by atoms with Crippen LogP contribution < -0.4 is 14.4 Å². The predicted octanol–water partition coefficient (Wildman–Crippen LogP) is 2.82. The number of benzene rings is 2. The number of aryl methyl sites for hydroxylation is 1. The summed E-state index contributed by atoms with van der Waals surface area (Å²) in [6.07, 6.45) is 1.07. The lowest BCUT2D eigenvalue weighted by atomic mass is 10.1. The van der Waals surface area contributed by atoms with Crippen LogP contribution in [0.3, 0.4) is 0 Å². The zero-order chi connectivity index (χ0) is 20.6. The average molecular weight is 423 g/mol. The molecule has 0 aliphatic rings. The molecule has 2 aromatic carbocycles. The number of ether oxygens (including phenoxy) is 1. The van der Waals surface area contributed by atoms with Gasteiger partial charge >= 0.3 is 0 Å². The summed E-state index contributed by atoms with van der Waals surface area (Å²) in [5.74, 6) is 1.66. The van der Waals surface area contributed by atoms with Crippen LogP contribution in [0.1, 0.15) is 11.1 Å². The first-order valence-corrected chi connectivity index (χ1v) is 11.8. The molecule has 2 aromatic rings. The summed E-state index contributed by atoms with van der Waals surface area (Å²) >= 11 is 1.72. The Morgan fingerprint density at radius 3 is 2.50 bits per heavy atom. The lowest BCUT2D eigenvalue weighted by Gasteiger charge is -2.23. The number of anilines is 1. The van der Waals surface area contributed by atoms with E-state index >= 15 is 0 Å². The molecule has 0 aliphatic carbocycles. The van der Waals surface area contributed by atoms with Crippen molar-refractivity contribution in [1.29, 1.82) is 0 Å². The summed E-state index contributed by atoms with van der Waals surface area (Å²) in [4.78, 5) is 12.3. The Bertz CT molecular complexity index is 901. The van der Waals surface area contributed by atoms with Crippen molar-refractivity contribution in [2.45, 2.75) is 12.7 Å². The topological polar surface area (TPSA) is 75.7 Å². The van der Waals surface area contributed by atoms with Gasteiger partial charge < -0.3 is 10.1 Å². The second-order valence-electron chi connectivity index (χ2n) is 6.27. The molecule has 1 amide bonds. The standard InChI is InChI=1S/C20H26N2O4S2/c1-16-8-4-5-9-17(16)15-27-13-12-21-20(23)14-22(28(3,24)25)18-10-6-7-11-19(18)26-2/h4-11H,12-15H2,1-3H3,(H,21,23). The van der Waals surface area contributed by atoms with Gasteiger partial charge in [0.1, 0.15) is 12.3 Å². The van der Waals surface area contributed by atoms with E-state index < -0.39 is 10.0 Å². The molecule has 0 bridgehead atoms. The zero-order valence-corrected chi connectivity index (χ0v) is 18.0. The quantitative estimate of drug-likeness (QED) is 0.596. The molecule has 28 heavy (non-hydrogen) atoms. The van der Waals surface area contributed by atoms with E-state index in [4.69, 9.17) is 4.74 Å². The normalized spacial score (nSPS) is 11.1. The molecular formula is C20H26N2O4S2. The van der Waals surface area contributed by atoms with Gasteiger partial charge in [0.15, 0.2) is 0 Å². The van der Waals surface area contributed by atoms with E-state index in [0.717, 1.165) is 22.1 Å². The number of hydrogen-bond donors (Lipinski definition) is 1. The van der Waals surface area contributed by atoms with Crippen molar-refractivity contribution in [2.75, 3.05) is 36.5 Å². The van der Waals surface area contributed by atoms with Crippen molar-refractivity contribution in [1.82, 2.24) is 5.32 Å². The first-order valence-electron chi connectivity index (χ1n) is 8.82. The number of carbonyl (C=O) groups excluding carboxylic acids is 1. The maximum atomic E-state index is 12.3. The maximum absolute atomic E-state index is 12.3. The van der Waals surface area contributed by atoms with E-state index in [1.165, 1.54) is 18.2 Å². The van der Waals surface area contributed by atoms with Crippen LogP contribution in [0.2, 0.25) is 0 Å². The van der Waals surface area contributed by atoms with Crippen molar-refractivity contribution in [3.8, 4) is 5.75 Å². The van der Waals surface area contributed by atoms with Gasteiger partial charge in [0.2, 0.25) is 15.9 Å². The molecule has 2 rings (SSSR count). The molecule has 0 fully saturated rings. The van der Waals surface area contributed by atoms with Gasteiger partial charge in [0.05, 0.1) is 19.1 Å². The Labute approximate surface area is 171 Å². The van der Waals surface area contributed by atoms with Crippen molar-refractivity contribution in [3.63, 3.8) is 0 Å². The molecule has 1 N–H and O–H groups in total. The van der Waals surface area contributed by atoms with E-state index in [1.807, 2.05) is 12.1 Å². The zero-order valence-electron chi connectivity index (χ0n) is 16.3. The third kappa shape index (κ3) is 6.45. The van der Waals surface area contributed by atoms with E-state index in [9.17, 15) is 13.2 Å². The van der Waals surface area contributed by atoms with Gasteiger partial charge in [-0.3, -0.25) is 9.10 Å². The monoisotopic (exact) mass is 422 g/mol. The van der Waals surface area contributed by atoms with Gasteiger partial charge in [-0.1, -0.05) is 36.4 Å². The first-order chi connectivity index (χ1) is 13.3. The smallest absolute Gasteiger partial charge is 0.240 e. The number of nitrogens with zero attached hydrogens (tertiary/aromatic N) is 1. The highest BCUT2D eigenvalue weighted by molar-refractivity contribution is 7.98. The van der Waals surface area contributed by atoms with E-state index in [-0.39, 0.29) is 12.5 Å². The van der Waals surface area contributed by atoms with Crippen LogP contribution in [-0.4, -0.2) is 46.5 Å². The van der Waals surface area contributed by atoms with Crippen LogP contribution in [0.4, 0.5) is 5.69 Å². The summed E-state index contributed by atoms with van der Waals surface area (Å²) in [6.45, 7) is 2.26. The molecular weight excluding hydrogens is 396 g/mol. The molecule has 0 saturated carbocycles. The lowest BCUT2D eigenvalue weighted by molar-refractivity contribution is -0.119. The molecule has 0 saturated heterocycles. The lowest BCUT2D eigenvalue weighted by Crippen LogP contribution is -2.41. The number of hydrogen-bond acceptors (Lipinski definition) is 5.